The van der Waals surface area contributed by atoms with Crippen LogP contribution in [-0.2, 0) is 4.74 Å². The molecule has 1 unspecified atom stereocenters. The maximum atomic E-state index is 12.8. The van der Waals surface area contributed by atoms with E-state index < -0.39 is 12.1 Å². The molecule has 1 aliphatic heterocycles. The molecule has 3 heteroatoms. The van der Waals surface area contributed by atoms with Crippen LogP contribution < -0.4 is 0 Å². The fourth-order valence-corrected chi connectivity index (χ4v) is 1.37. The van der Waals surface area contributed by atoms with Crippen molar-refractivity contribution in [3.05, 3.63) is 47.8 Å². The summed E-state index contributed by atoms with van der Waals surface area (Å²) in [5.74, 6) is -0.788. The molecule has 0 saturated heterocycles. The van der Waals surface area contributed by atoms with Crippen molar-refractivity contribution >= 4 is 5.97 Å². The zero-order valence-corrected chi connectivity index (χ0v) is 6.79. The van der Waals surface area contributed by atoms with Crippen molar-refractivity contribution in [1.29, 1.82) is 0 Å². The molecule has 1 atom stereocenters. The van der Waals surface area contributed by atoms with E-state index in [-0.39, 0.29) is 5.82 Å². The van der Waals surface area contributed by atoms with Gasteiger partial charge in [0.15, 0.2) is 0 Å². The lowest BCUT2D eigenvalue weighted by atomic mass is 10.1. The molecule has 1 aromatic rings. The minimum atomic E-state index is -0.502. The Bertz CT molecular complexity index is 385. The monoisotopic (exact) mass is 178 g/mol. The predicted octanol–water partition coefficient (Wildman–Crippen LogP) is 2.22. The highest BCUT2D eigenvalue weighted by Gasteiger charge is 2.28. The number of hydrogen-bond donors (Lipinski definition) is 0. The molecule has 13 heavy (non-hydrogen) atoms. The summed E-state index contributed by atoms with van der Waals surface area (Å²) in [7, 11) is 0. The van der Waals surface area contributed by atoms with Gasteiger partial charge in [-0.15, -0.1) is 0 Å². The van der Waals surface area contributed by atoms with Crippen LogP contribution in [0.15, 0.2) is 30.9 Å². The van der Waals surface area contributed by atoms with Crippen molar-refractivity contribution < 1.29 is 13.9 Å². The first-order chi connectivity index (χ1) is 6.22. The molecule has 0 saturated carbocycles. The molecule has 66 valence electrons. The van der Waals surface area contributed by atoms with E-state index in [9.17, 15) is 9.18 Å². The lowest BCUT2D eigenvalue weighted by molar-refractivity contribution is 0.0468. The highest BCUT2D eigenvalue weighted by atomic mass is 19.1. The summed E-state index contributed by atoms with van der Waals surface area (Å²) in [5.41, 5.74) is 0.978. The average molecular weight is 178 g/mol. The molecule has 1 heterocycles. The lowest BCUT2D eigenvalue weighted by Crippen LogP contribution is -1.94. The third-order valence-electron chi connectivity index (χ3n) is 1.99. The lowest BCUT2D eigenvalue weighted by Gasteiger charge is -2.02. The second kappa shape index (κ2) is 2.69. The molecule has 0 spiro atoms. The van der Waals surface area contributed by atoms with Crippen LogP contribution >= 0.6 is 0 Å². The average Bonchev–Trinajstić information content (AvgIpc) is 2.42. The van der Waals surface area contributed by atoms with Crippen molar-refractivity contribution in [3.63, 3.8) is 0 Å². The molecule has 1 aromatic carbocycles. The van der Waals surface area contributed by atoms with Crippen molar-refractivity contribution in [2.75, 3.05) is 0 Å². The highest BCUT2D eigenvalue weighted by Crippen LogP contribution is 2.31. The Morgan fingerprint density at radius 2 is 2.31 bits per heavy atom. The molecule has 0 N–H and O–H groups in total. The first kappa shape index (κ1) is 7.98. The maximum Gasteiger partial charge on any atom is 0.339 e. The molecule has 1 aliphatic rings. The molecule has 0 fully saturated rings. The van der Waals surface area contributed by atoms with Gasteiger partial charge < -0.3 is 4.74 Å². The summed E-state index contributed by atoms with van der Waals surface area (Å²) < 4.78 is 17.7. The second-order valence-corrected chi connectivity index (χ2v) is 2.79. The number of carbonyl (C=O) groups excluding carboxylic acids is 1. The number of benzene rings is 1. The van der Waals surface area contributed by atoms with Crippen LogP contribution in [0.3, 0.4) is 0 Å². The van der Waals surface area contributed by atoms with E-state index in [2.05, 4.69) is 6.58 Å². The topological polar surface area (TPSA) is 26.3 Å². The van der Waals surface area contributed by atoms with Crippen LogP contribution in [0.25, 0.3) is 0 Å². The van der Waals surface area contributed by atoms with Gasteiger partial charge in [-0.05, 0) is 24.3 Å². The number of fused-ring (bicyclic) bond motifs is 1. The smallest absolute Gasteiger partial charge is 0.339 e. The molecule has 0 aliphatic carbocycles. The Morgan fingerprint density at radius 1 is 1.54 bits per heavy atom. The van der Waals surface area contributed by atoms with Gasteiger partial charge in [0.25, 0.3) is 0 Å². The van der Waals surface area contributed by atoms with E-state index >= 15 is 0 Å². The van der Waals surface area contributed by atoms with Crippen molar-refractivity contribution in [2.24, 2.45) is 0 Å². The molecular weight excluding hydrogens is 171 g/mol. The maximum absolute atomic E-state index is 12.8. The van der Waals surface area contributed by atoms with E-state index in [1.807, 2.05) is 0 Å². The summed E-state index contributed by atoms with van der Waals surface area (Å²) in [5, 5.41) is 0. The predicted molar refractivity (Wildman–Crippen MR) is 44.8 cm³/mol. The van der Waals surface area contributed by atoms with Crippen molar-refractivity contribution in [3.8, 4) is 0 Å². The Hall–Kier alpha value is -1.64. The highest BCUT2D eigenvalue weighted by molar-refractivity contribution is 5.94. The van der Waals surface area contributed by atoms with Crippen molar-refractivity contribution in [1.82, 2.24) is 0 Å². The third-order valence-corrected chi connectivity index (χ3v) is 1.99. The van der Waals surface area contributed by atoms with Crippen LogP contribution in [0.1, 0.15) is 22.0 Å². The number of esters is 1. The van der Waals surface area contributed by atoms with Gasteiger partial charge in [-0.25, -0.2) is 9.18 Å². The van der Waals surface area contributed by atoms with Crippen LogP contribution in [-0.4, -0.2) is 5.97 Å². The number of carbonyl (C=O) groups is 1. The number of rotatable bonds is 1. The van der Waals surface area contributed by atoms with E-state index in [0.717, 1.165) is 0 Å². The summed E-state index contributed by atoms with van der Waals surface area (Å²) in [6.45, 7) is 3.51. The summed E-state index contributed by atoms with van der Waals surface area (Å²) >= 11 is 0. The Labute approximate surface area is 74.6 Å². The number of hydrogen-bond acceptors (Lipinski definition) is 2. The van der Waals surface area contributed by atoms with Crippen LogP contribution in [0, 0.1) is 5.82 Å². The van der Waals surface area contributed by atoms with Gasteiger partial charge in [0.2, 0.25) is 0 Å². The fraction of sp³-hybridized carbons (Fsp3) is 0.100. The number of ether oxygens (including phenoxy) is 1. The van der Waals surface area contributed by atoms with Gasteiger partial charge in [-0.1, -0.05) is 6.58 Å². The van der Waals surface area contributed by atoms with Crippen LogP contribution in [0.4, 0.5) is 4.39 Å². The first-order valence-corrected chi connectivity index (χ1v) is 3.85. The van der Waals surface area contributed by atoms with Gasteiger partial charge in [0, 0.05) is 5.56 Å². The van der Waals surface area contributed by atoms with E-state index in [4.69, 9.17) is 4.74 Å². The summed E-state index contributed by atoms with van der Waals surface area (Å²) in [6.07, 6.45) is 0.974. The standard InChI is InChI=1S/C10H7FO2/c1-2-9-8-5-6(11)3-4-7(8)10(12)13-9/h2-5,9H,1H2. The number of halogens is 1. The zero-order valence-electron chi connectivity index (χ0n) is 6.79. The van der Waals surface area contributed by atoms with E-state index in [1.54, 1.807) is 0 Å². The minimum Gasteiger partial charge on any atom is -0.450 e. The molecule has 2 rings (SSSR count). The zero-order chi connectivity index (χ0) is 9.42. The number of cyclic esters (lactones) is 1. The van der Waals surface area contributed by atoms with Crippen molar-refractivity contribution in [2.45, 2.75) is 6.10 Å². The van der Waals surface area contributed by atoms with Gasteiger partial charge in [0.1, 0.15) is 11.9 Å². The summed E-state index contributed by atoms with van der Waals surface area (Å²) in [6, 6.07) is 3.97. The minimum absolute atomic E-state index is 0.371. The molecule has 0 bridgehead atoms. The van der Waals surface area contributed by atoms with Gasteiger partial charge in [0.05, 0.1) is 5.56 Å². The third kappa shape index (κ3) is 1.13. The SMILES string of the molecule is C=CC1OC(=O)c2ccc(F)cc21. The van der Waals surface area contributed by atoms with Gasteiger partial charge in [-0.3, -0.25) is 0 Å². The molecular formula is C10H7FO2. The second-order valence-electron chi connectivity index (χ2n) is 2.79. The Morgan fingerprint density at radius 3 is 3.00 bits per heavy atom. The van der Waals surface area contributed by atoms with Crippen LogP contribution in [0.2, 0.25) is 0 Å². The molecule has 2 nitrogen and oxygen atoms in total. The Balaban J connectivity index is 2.58. The fourth-order valence-electron chi connectivity index (χ4n) is 1.37. The van der Waals surface area contributed by atoms with Gasteiger partial charge >= 0.3 is 5.97 Å². The molecule has 0 amide bonds. The largest absolute Gasteiger partial charge is 0.450 e. The first-order valence-electron chi connectivity index (χ1n) is 3.85. The quantitative estimate of drug-likeness (QED) is 0.487. The van der Waals surface area contributed by atoms with Crippen LogP contribution in [0.5, 0.6) is 0 Å². The normalized spacial score (nSPS) is 19.5. The summed E-state index contributed by atoms with van der Waals surface area (Å²) in [4.78, 5) is 11.2. The molecule has 0 radical (unpaired) electrons. The van der Waals surface area contributed by atoms with E-state index in [0.29, 0.717) is 11.1 Å². The van der Waals surface area contributed by atoms with Gasteiger partial charge in [-0.2, -0.15) is 0 Å². The van der Waals surface area contributed by atoms with E-state index in [1.165, 1.54) is 24.3 Å². The Kier molecular flexibility index (Phi) is 1.65. The molecule has 0 aromatic heterocycles.